The minimum Gasteiger partial charge on any atom is -0.486 e. The SMILES string of the molecule is CN(Cc1ccc2c(c1)OCCO2)C(=O)c1ccc(S(=O)(=O)Nc2ccccc2)cc1. The molecule has 3 aromatic rings. The largest absolute Gasteiger partial charge is 0.486 e. The molecular weight excluding hydrogens is 416 g/mol. The van der Waals surface area contributed by atoms with Crippen molar-refractivity contribution >= 4 is 21.6 Å². The fourth-order valence-electron chi connectivity index (χ4n) is 3.25. The summed E-state index contributed by atoms with van der Waals surface area (Å²) in [6.07, 6.45) is 0. The van der Waals surface area contributed by atoms with Crippen molar-refractivity contribution in [3.05, 3.63) is 83.9 Å². The normalized spacial score (nSPS) is 12.8. The van der Waals surface area contributed by atoms with Crippen LogP contribution in [0, 0.1) is 0 Å². The van der Waals surface area contributed by atoms with E-state index in [2.05, 4.69) is 4.72 Å². The third kappa shape index (κ3) is 4.80. The molecule has 1 N–H and O–H groups in total. The highest BCUT2D eigenvalue weighted by atomic mass is 32.2. The molecule has 3 aromatic carbocycles. The van der Waals surface area contributed by atoms with Crippen LogP contribution in [0.5, 0.6) is 11.5 Å². The van der Waals surface area contributed by atoms with E-state index in [1.807, 2.05) is 18.2 Å². The first kappa shape index (κ1) is 20.7. The zero-order valence-electron chi connectivity index (χ0n) is 16.9. The summed E-state index contributed by atoms with van der Waals surface area (Å²) >= 11 is 0. The van der Waals surface area contributed by atoms with E-state index in [1.54, 1.807) is 42.3 Å². The Labute approximate surface area is 181 Å². The predicted molar refractivity (Wildman–Crippen MR) is 117 cm³/mol. The molecule has 4 rings (SSSR count). The standard InChI is InChI=1S/C23H22N2O5S/c1-25(16-17-7-12-21-22(15-17)30-14-13-29-21)23(26)18-8-10-20(11-9-18)31(27,28)24-19-5-3-2-4-6-19/h2-12,15,24H,13-14,16H2,1H3. The van der Waals surface area contributed by atoms with Crippen molar-refractivity contribution in [2.75, 3.05) is 25.0 Å². The summed E-state index contributed by atoms with van der Waals surface area (Å²) in [5, 5.41) is 0. The Morgan fingerprint density at radius 2 is 1.61 bits per heavy atom. The average Bonchev–Trinajstić information content (AvgIpc) is 2.79. The molecule has 1 amide bonds. The van der Waals surface area contributed by atoms with Crippen LogP contribution in [-0.2, 0) is 16.6 Å². The van der Waals surface area contributed by atoms with Crippen LogP contribution in [0.25, 0.3) is 0 Å². The van der Waals surface area contributed by atoms with Crippen LogP contribution in [0.1, 0.15) is 15.9 Å². The van der Waals surface area contributed by atoms with E-state index in [4.69, 9.17) is 9.47 Å². The molecule has 7 nitrogen and oxygen atoms in total. The first-order chi connectivity index (χ1) is 14.9. The van der Waals surface area contributed by atoms with Crippen LogP contribution in [0.15, 0.2) is 77.7 Å². The van der Waals surface area contributed by atoms with E-state index in [9.17, 15) is 13.2 Å². The average molecular weight is 439 g/mol. The van der Waals surface area contributed by atoms with Gasteiger partial charge >= 0.3 is 0 Å². The number of benzene rings is 3. The van der Waals surface area contributed by atoms with Gasteiger partial charge in [-0.2, -0.15) is 0 Å². The van der Waals surface area contributed by atoms with Crippen molar-refractivity contribution in [2.45, 2.75) is 11.4 Å². The Hall–Kier alpha value is -3.52. The molecule has 0 radical (unpaired) electrons. The molecule has 0 unspecified atom stereocenters. The van der Waals surface area contributed by atoms with Gasteiger partial charge in [0.2, 0.25) is 0 Å². The van der Waals surface area contributed by atoms with E-state index in [0.29, 0.717) is 42.5 Å². The van der Waals surface area contributed by atoms with Gasteiger partial charge in [0.15, 0.2) is 11.5 Å². The number of carbonyl (C=O) groups is 1. The van der Waals surface area contributed by atoms with Gasteiger partial charge < -0.3 is 14.4 Å². The van der Waals surface area contributed by atoms with Gasteiger partial charge in [-0.25, -0.2) is 8.42 Å². The Morgan fingerprint density at radius 1 is 0.935 bits per heavy atom. The molecule has 0 aromatic heterocycles. The number of fused-ring (bicyclic) bond motifs is 1. The Morgan fingerprint density at radius 3 is 2.32 bits per heavy atom. The summed E-state index contributed by atoms with van der Waals surface area (Å²) in [5.74, 6) is 1.16. The number of ether oxygens (including phenoxy) is 2. The Bertz CT molecular complexity index is 1180. The number of para-hydroxylation sites is 1. The van der Waals surface area contributed by atoms with Crippen LogP contribution in [0.4, 0.5) is 5.69 Å². The van der Waals surface area contributed by atoms with Gasteiger partial charge in [-0.3, -0.25) is 9.52 Å². The zero-order chi connectivity index (χ0) is 21.8. The molecule has 0 aliphatic carbocycles. The number of amides is 1. The quantitative estimate of drug-likeness (QED) is 0.636. The molecule has 1 aliphatic rings. The van der Waals surface area contributed by atoms with Crippen molar-refractivity contribution in [3.63, 3.8) is 0 Å². The van der Waals surface area contributed by atoms with Gasteiger partial charge in [0.05, 0.1) is 4.90 Å². The maximum Gasteiger partial charge on any atom is 0.261 e. The summed E-state index contributed by atoms with van der Waals surface area (Å²) in [6.45, 7) is 1.40. The van der Waals surface area contributed by atoms with Gasteiger partial charge in [-0.05, 0) is 54.1 Å². The number of anilines is 1. The highest BCUT2D eigenvalue weighted by molar-refractivity contribution is 7.92. The van der Waals surface area contributed by atoms with Gasteiger partial charge in [-0.1, -0.05) is 24.3 Å². The summed E-state index contributed by atoms with van der Waals surface area (Å²) in [6, 6.07) is 20.1. The maximum atomic E-state index is 12.8. The molecule has 0 fully saturated rings. The van der Waals surface area contributed by atoms with Gasteiger partial charge in [-0.15, -0.1) is 0 Å². The third-order valence-corrected chi connectivity index (χ3v) is 6.21. The van der Waals surface area contributed by atoms with Crippen molar-refractivity contribution < 1.29 is 22.7 Å². The first-order valence-corrected chi connectivity index (χ1v) is 11.2. The van der Waals surface area contributed by atoms with E-state index in [1.165, 1.54) is 24.3 Å². The Balaban J connectivity index is 1.44. The lowest BCUT2D eigenvalue weighted by atomic mass is 10.1. The number of hydrogen-bond donors (Lipinski definition) is 1. The number of rotatable bonds is 6. The molecule has 0 saturated carbocycles. The van der Waals surface area contributed by atoms with E-state index in [0.717, 1.165) is 5.56 Å². The van der Waals surface area contributed by atoms with E-state index in [-0.39, 0.29) is 10.8 Å². The number of nitrogens with zero attached hydrogens (tertiary/aromatic N) is 1. The molecule has 8 heteroatoms. The highest BCUT2D eigenvalue weighted by Crippen LogP contribution is 2.31. The van der Waals surface area contributed by atoms with E-state index >= 15 is 0 Å². The predicted octanol–water partition coefficient (Wildman–Crippen LogP) is 3.53. The summed E-state index contributed by atoms with van der Waals surface area (Å²) in [5.41, 5.74) is 1.78. The molecule has 0 spiro atoms. The van der Waals surface area contributed by atoms with Gasteiger partial charge in [0.25, 0.3) is 15.9 Å². The van der Waals surface area contributed by atoms with Crippen LogP contribution in [0.2, 0.25) is 0 Å². The molecule has 0 atom stereocenters. The van der Waals surface area contributed by atoms with Crippen molar-refractivity contribution in [1.29, 1.82) is 0 Å². The molecule has 160 valence electrons. The number of nitrogens with one attached hydrogen (secondary N) is 1. The minimum atomic E-state index is -3.73. The monoisotopic (exact) mass is 438 g/mol. The van der Waals surface area contributed by atoms with Crippen LogP contribution >= 0.6 is 0 Å². The smallest absolute Gasteiger partial charge is 0.261 e. The Kier molecular flexibility index (Phi) is 5.81. The number of sulfonamides is 1. The second-order valence-electron chi connectivity index (χ2n) is 7.14. The third-order valence-electron chi connectivity index (χ3n) is 4.81. The lowest BCUT2D eigenvalue weighted by Gasteiger charge is -2.21. The van der Waals surface area contributed by atoms with Crippen molar-refractivity contribution in [1.82, 2.24) is 4.90 Å². The second kappa shape index (κ2) is 8.69. The summed E-state index contributed by atoms with van der Waals surface area (Å²) < 4.78 is 38.7. The van der Waals surface area contributed by atoms with Crippen LogP contribution in [-0.4, -0.2) is 39.5 Å². The van der Waals surface area contributed by atoms with Crippen molar-refractivity contribution in [3.8, 4) is 11.5 Å². The van der Waals surface area contributed by atoms with Crippen LogP contribution in [0.3, 0.4) is 0 Å². The number of hydrogen-bond acceptors (Lipinski definition) is 5. The van der Waals surface area contributed by atoms with Crippen molar-refractivity contribution in [2.24, 2.45) is 0 Å². The maximum absolute atomic E-state index is 12.8. The minimum absolute atomic E-state index is 0.0855. The molecule has 0 bridgehead atoms. The summed E-state index contributed by atoms with van der Waals surface area (Å²) in [7, 11) is -2.04. The molecule has 31 heavy (non-hydrogen) atoms. The summed E-state index contributed by atoms with van der Waals surface area (Å²) in [4.78, 5) is 14.4. The molecule has 0 saturated heterocycles. The molecular formula is C23H22N2O5S. The lowest BCUT2D eigenvalue weighted by Crippen LogP contribution is -2.26. The fraction of sp³-hybridized carbons (Fsp3) is 0.174. The molecule has 1 heterocycles. The highest BCUT2D eigenvalue weighted by Gasteiger charge is 2.18. The lowest BCUT2D eigenvalue weighted by molar-refractivity contribution is 0.0784. The second-order valence-corrected chi connectivity index (χ2v) is 8.82. The van der Waals surface area contributed by atoms with Gasteiger partial charge in [0.1, 0.15) is 13.2 Å². The number of carbonyl (C=O) groups excluding carboxylic acids is 1. The zero-order valence-corrected chi connectivity index (χ0v) is 17.8. The first-order valence-electron chi connectivity index (χ1n) is 9.74. The van der Waals surface area contributed by atoms with Crippen LogP contribution < -0.4 is 14.2 Å². The van der Waals surface area contributed by atoms with E-state index < -0.39 is 10.0 Å². The fourth-order valence-corrected chi connectivity index (χ4v) is 4.31. The molecule has 1 aliphatic heterocycles. The van der Waals surface area contributed by atoms with Gasteiger partial charge in [0, 0.05) is 24.8 Å². The topological polar surface area (TPSA) is 84.9 Å².